The third-order valence-corrected chi connectivity index (χ3v) is 4.56. The molecule has 0 aliphatic carbocycles. The van der Waals surface area contributed by atoms with E-state index in [0.717, 1.165) is 18.2 Å². The Balaban J connectivity index is 1.49. The molecular weight excluding hydrogens is 386 g/mol. The Morgan fingerprint density at radius 3 is 1.70 bits per heavy atom. The number of hydrogen-bond donors (Lipinski definition) is 0. The molecule has 30 heavy (non-hydrogen) atoms. The van der Waals surface area contributed by atoms with Crippen molar-refractivity contribution in [2.45, 2.75) is 32.1 Å². The summed E-state index contributed by atoms with van der Waals surface area (Å²) in [4.78, 5) is 24.4. The zero-order valence-corrected chi connectivity index (χ0v) is 16.6. The summed E-state index contributed by atoms with van der Waals surface area (Å²) < 4.78 is 32.2. The summed E-state index contributed by atoms with van der Waals surface area (Å²) in [6, 6.07) is 22.1. The number of benzene rings is 3. The topological polar surface area (TPSA) is 43.4 Å². The number of halogens is 2. The molecule has 0 aliphatic heterocycles. The Morgan fingerprint density at radius 2 is 1.20 bits per heavy atom. The minimum atomic E-state index is -2.92. The Kier molecular flexibility index (Phi) is 6.72. The zero-order valence-electron chi connectivity index (χ0n) is 16.6. The van der Waals surface area contributed by atoms with Crippen molar-refractivity contribution in [1.29, 1.82) is 0 Å². The monoisotopic (exact) mass is 408 g/mol. The molecule has 3 nitrogen and oxygen atoms in total. The third-order valence-electron chi connectivity index (χ3n) is 4.56. The average Bonchev–Trinajstić information content (AvgIpc) is 2.70. The molecule has 0 saturated heterocycles. The molecule has 5 heteroatoms. The second kappa shape index (κ2) is 9.44. The molecular formula is C25H22F2O3. The highest BCUT2D eigenvalue weighted by Crippen LogP contribution is 2.27. The van der Waals surface area contributed by atoms with E-state index >= 15 is 0 Å². The van der Waals surface area contributed by atoms with E-state index in [1.807, 2.05) is 30.3 Å². The van der Waals surface area contributed by atoms with E-state index in [0.29, 0.717) is 11.3 Å². The van der Waals surface area contributed by atoms with E-state index in [1.54, 1.807) is 24.3 Å². The number of Topliss-reactive ketones (excluding diaryl/α,β-unsaturated/α-hetero) is 2. The minimum Gasteiger partial charge on any atom is -0.457 e. The Bertz CT molecular complexity index is 989. The van der Waals surface area contributed by atoms with Crippen molar-refractivity contribution in [1.82, 2.24) is 0 Å². The maximum Gasteiger partial charge on any atom is 0.270 e. The second-order valence-electron chi connectivity index (χ2n) is 7.25. The van der Waals surface area contributed by atoms with Crippen LogP contribution in [0, 0.1) is 0 Å². The van der Waals surface area contributed by atoms with Gasteiger partial charge in [-0.1, -0.05) is 54.6 Å². The van der Waals surface area contributed by atoms with Crippen LogP contribution in [0.15, 0.2) is 78.9 Å². The molecule has 0 N–H and O–H groups in total. The first-order valence-corrected chi connectivity index (χ1v) is 9.62. The van der Waals surface area contributed by atoms with Gasteiger partial charge in [0, 0.05) is 25.3 Å². The summed E-state index contributed by atoms with van der Waals surface area (Å²) in [7, 11) is 0. The summed E-state index contributed by atoms with van der Waals surface area (Å²) >= 11 is 0. The van der Waals surface area contributed by atoms with Gasteiger partial charge in [0.05, 0.1) is 6.42 Å². The highest BCUT2D eigenvalue weighted by atomic mass is 19.3. The van der Waals surface area contributed by atoms with Crippen LogP contribution >= 0.6 is 0 Å². The third kappa shape index (κ3) is 6.34. The molecule has 0 radical (unpaired) electrons. The lowest BCUT2D eigenvalue weighted by molar-refractivity contribution is -0.126. The number of ketones is 2. The van der Waals surface area contributed by atoms with Gasteiger partial charge in [0.25, 0.3) is 5.92 Å². The first-order valence-electron chi connectivity index (χ1n) is 9.62. The lowest BCUT2D eigenvalue weighted by Crippen LogP contribution is -2.13. The molecule has 0 unspecified atom stereocenters. The number of alkyl halides is 2. The molecule has 154 valence electrons. The van der Waals surface area contributed by atoms with Gasteiger partial charge in [-0.2, -0.15) is 0 Å². The summed E-state index contributed by atoms with van der Waals surface area (Å²) in [5.74, 6) is -1.95. The molecule has 0 atom stereocenters. The maximum absolute atomic E-state index is 13.2. The van der Waals surface area contributed by atoms with Gasteiger partial charge in [0.1, 0.15) is 23.1 Å². The van der Waals surface area contributed by atoms with Gasteiger partial charge in [0.15, 0.2) is 0 Å². The van der Waals surface area contributed by atoms with Crippen molar-refractivity contribution in [3.63, 3.8) is 0 Å². The van der Waals surface area contributed by atoms with Crippen molar-refractivity contribution >= 4 is 11.6 Å². The van der Waals surface area contributed by atoms with Crippen LogP contribution in [-0.4, -0.2) is 11.6 Å². The largest absolute Gasteiger partial charge is 0.457 e. The van der Waals surface area contributed by atoms with Crippen LogP contribution < -0.4 is 4.74 Å². The molecule has 0 aliphatic rings. The van der Waals surface area contributed by atoms with Gasteiger partial charge in [-0.25, -0.2) is 8.78 Å². The number of carbonyl (C=O) groups excluding carboxylic acids is 2. The van der Waals surface area contributed by atoms with Gasteiger partial charge >= 0.3 is 0 Å². The number of para-hydroxylation sites is 1. The van der Waals surface area contributed by atoms with Gasteiger partial charge < -0.3 is 4.74 Å². The lowest BCUT2D eigenvalue weighted by atomic mass is 10.00. The zero-order chi connectivity index (χ0) is 21.6. The average molecular weight is 408 g/mol. The van der Waals surface area contributed by atoms with Crippen LogP contribution in [0.4, 0.5) is 8.78 Å². The molecule has 3 rings (SSSR count). The van der Waals surface area contributed by atoms with E-state index < -0.39 is 5.92 Å². The standard InChI is InChI=1S/C25H22F2O3/c1-25(26,27)20-11-7-18(8-12-20)15-21(28)17-22(29)16-19-9-13-24(14-10-19)30-23-5-3-2-4-6-23/h2-14H,15-17H2,1H3. The fraction of sp³-hybridized carbons (Fsp3) is 0.200. The van der Waals surface area contributed by atoms with Crippen molar-refractivity contribution in [3.8, 4) is 11.5 Å². The van der Waals surface area contributed by atoms with Crippen LogP contribution in [0.5, 0.6) is 11.5 Å². The van der Waals surface area contributed by atoms with Crippen LogP contribution in [0.3, 0.4) is 0 Å². The summed E-state index contributed by atoms with van der Waals surface area (Å²) in [6.07, 6.45) is 0.0114. The highest BCUT2D eigenvalue weighted by Gasteiger charge is 2.23. The first-order chi connectivity index (χ1) is 14.3. The number of rotatable bonds is 9. The fourth-order valence-electron chi connectivity index (χ4n) is 3.02. The lowest BCUT2D eigenvalue weighted by Gasteiger charge is -2.10. The first kappa shape index (κ1) is 21.4. The molecule has 0 spiro atoms. The van der Waals surface area contributed by atoms with E-state index in [9.17, 15) is 18.4 Å². The van der Waals surface area contributed by atoms with Crippen LogP contribution in [0.1, 0.15) is 30.0 Å². The van der Waals surface area contributed by atoms with Crippen LogP contribution in [0.25, 0.3) is 0 Å². The van der Waals surface area contributed by atoms with Crippen molar-refractivity contribution in [2.75, 3.05) is 0 Å². The number of ether oxygens (including phenoxy) is 1. The molecule has 0 heterocycles. The molecule has 0 bridgehead atoms. The molecule has 0 fully saturated rings. The highest BCUT2D eigenvalue weighted by molar-refractivity contribution is 6.00. The molecule has 0 amide bonds. The van der Waals surface area contributed by atoms with Crippen molar-refractivity contribution < 1.29 is 23.1 Å². The van der Waals surface area contributed by atoms with E-state index in [-0.39, 0.29) is 36.4 Å². The predicted molar refractivity (Wildman–Crippen MR) is 111 cm³/mol. The predicted octanol–water partition coefficient (Wildman–Crippen LogP) is 5.90. The summed E-state index contributed by atoms with van der Waals surface area (Å²) in [5, 5.41) is 0. The number of hydrogen-bond acceptors (Lipinski definition) is 3. The number of carbonyl (C=O) groups is 2. The minimum absolute atomic E-state index is 0.0468. The maximum atomic E-state index is 13.2. The van der Waals surface area contributed by atoms with E-state index in [4.69, 9.17) is 4.74 Å². The second-order valence-corrected chi connectivity index (χ2v) is 7.25. The van der Waals surface area contributed by atoms with Crippen molar-refractivity contribution in [3.05, 3.63) is 95.6 Å². The SMILES string of the molecule is CC(F)(F)c1ccc(CC(=O)CC(=O)Cc2ccc(Oc3ccccc3)cc2)cc1. The van der Waals surface area contributed by atoms with Gasteiger partial charge in [0.2, 0.25) is 0 Å². The van der Waals surface area contributed by atoms with Crippen LogP contribution in [-0.2, 0) is 28.4 Å². The van der Waals surface area contributed by atoms with E-state index in [2.05, 4.69) is 0 Å². The normalized spacial score (nSPS) is 11.2. The molecule has 0 saturated carbocycles. The van der Waals surface area contributed by atoms with Crippen LogP contribution in [0.2, 0.25) is 0 Å². The molecule has 0 aromatic heterocycles. The molecule has 3 aromatic rings. The summed E-state index contributed by atoms with van der Waals surface area (Å²) in [6.45, 7) is 0.826. The Morgan fingerprint density at radius 1 is 0.733 bits per heavy atom. The summed E-state index contributed by atoms with van der Waals surface area (Å²) in [5.41, 5.74) is 1.31. The van der Waals surface area contributed by atoms with Gasteiger partial charge in [-0.15, -0.1) is 0 Å². The van der Waals surface area contributed by atoms with Gasteiger partial charge in [-0.05, 0) is 35.4 Å². The quantitative estimate of drug-likeness (QED) is 0.414. The molecule has 3 aromatic carbocycles. The van der Waals surface area contributed by atoms with Crippen molar-refractivity contribution in [2.24, 2.45) is 0 Å². The Labute approximate surface area is 174 Å². The van der Waals surface area contributed by atoms with Gasteiger partial charge in [-0.3, -0.25) is 9.59 Å². The Hall–Kier alpha value is -3.34. The smallest absolute Gasteiger partial charge is 0.270 e. The fourth-order valence-corrected chi connectivity index (χ4v) is 3.02. The van der Waals surface area contributed by atoms with E-state index in [1.165, 1.54) is 24.3 Å².